The molecule has 0 saturated carbocycles. The van der Waals surface area contributed by atoms with Crippen molar-refractivity contribution in [2.45, 2.75) is 0 Å². The lowest BCUT2D eigenvalue weighted by atomic mass is 10.2. The van der Waals surface area contributed by atoms with Crippen LogP contribution in [0.15, 0.2) is 36.4 Å². The highest BCUT2D eigenvalue weighted by atomic mass is 35.5. The van der Waals surface area contributed by atoms with Crippen LogP contribution >= 0.6 is 11.6 Å². The van der Waals surface area contributed by atoms with Crippen LogP contribution in [0.25, 0.3) is 0 Å². The summed E-state index contributed by atoms with van der Waals surface area (Å²) in [6.45, 7) is 0. The number of nitrogens with two attached hydrogens (primary N) is 1. The van der Waals surface area contributed by atoms with Gasteiger partial charge in [-0.1, -0.05) is 11.6 Å². The molecule has 0 aliphatic carbocycles. The molecule has 0 spiro atoms. The van der Waals surface area contributed by atoms with Gasteiger partial charge in [-0.05, 0) is 36.4 Å². The number of halogens is 3. The van der Waals surface area contributed by atoms with Crippen molar-refractivity contribution in [2.75, 3.05) is 11.1 Å². The molecule has 0 aromatic heterocycles. The monoisotopic (exact) mass is 254 g/mol. The Hall–Kier alpha value is -1.81. The molecule has 2 aromatic rings. The number of nitrogens with one attached hydrogen (secondary N) is 1. The standard InChI is InChI=1S/C12H9ClF2N2/c13-9-3-1-7(14)5-12(9)17-11-4-2-8(16)6-10(11)15/h1-6,17H,16H2. The van der Waals surface area contributed by atoms with Crippen molar-refractivity contribution in [1.82, 2.24) is 0 Å². The normalized spacial score (nSPS) is 10.3. The maximum absolute atomic E-state index is 13.5. The van der Waals surface area contributed by atoms with Gasteiger partial charge in [0.05, 0.1) is 16.4 Å². The Bertz CT molecular complexity index is 558. The van der Waals surface area contributed by atoms with E-state index in [0.717, 1.165) is 0 Å². The molecule has 0 aliphatic rings. The molecule has 0 atom stereocenters. The summed E-state index contributed by atoms with van der Waals surface area (Å²) in [5, 5.41) is 3.01. The molecule has 3 N–H and O–H groups in total. The quantitative estimate of drug-likeness (QED) is 0.797. The highest BCUT2D eigenvalue weighted by Gasteiger charge is 2.06. The third kappa shape index (κ3) is 2.65. The molecule has 5 heteroatoms. The molecular formula is C12H9ClF2N2. The highest BCUT2D eigenvalue weighted by Crippen LogP contribution is 2.28. The summed E-state index contributed by atoms with van der Waals surface area (Å²) in [6, 6.07) is 8.00. The van der Waals surface area contributed by atoms with Crippen molar-refractivity contribution < 1.29 is 8.78 Å². The van der Waals surface area contributed by atoms with Crippen molar-refractivity contribution >= 4 is 28.7 Å². The summed E-state index contributed by atoms with van der Waals surface area (Å²) in [4.78, 5) is 0. The number of benzene rings is 2. The molecule has 17 heavy (non-hydrogen) atoms. The summed E-state index contributed by atoms with van der Waals surface area (Å²) >= 11 is 5.85. The Labute approximate surface area is 102 Å². The van der Waals surface area contributed by atoms with Crippen molar-refractivity contribution in [1.29, 1.82) is 0 Å². The Morgan fingerprint density at radius 2 is 1.76 bits per heavy atom. The van der Waals surface area contributed by atoms with E-state index >= 15 is 0 Å². The minimum absolute atomic E-state index is 0.187. The Kier molecular flexibility index (Phi) is 3.15. The van der Waals surface area contributed by atoms with Crippen molar-refractivity contribution in [3.05, 3.63) is 53.1 Å². The zero-order valence-corrected chi connectivity index (χ0v) is 9.43. The molecule has 2 aromatic carbocycles. The molecule has 0 saturated heterocycles. The van der Waals surface area contributed by atoms with Gasteiger partial charge in [0.2, 0.25) is 0 Å². The fourth-order valence-corrected chi connectivity index (χ4v) is 1.54. The molecule has 2 rings (SSSR count). The first-order valence-corrected chi connectivity index (χ1v) is 5.21. The number of hydrogen-bond acceptors (Lipinski definition) is 2. The topological polar surface area (TPSA) is 38.0 Å². The van der Waals surface area contributed by atoms with Crippen molar-refractivity contribution in [2.24, 2.45) is 0 Å². The van der Waals surface area contributed by atoms with E-state index in [9.17, 15) is 8.78 Å². The van der Waals surface area contributed by atoms with Crippen LogP contribution in [0.4, 0.5) is 25.8 Å². The Balaban J connectivity index is 2.34. The van der Waals surface area contributed by atoms with E-state index in [1.807, 2.05) is 0 Å². The van der Waals surface area contributed by atoms with Gasteiger partial charge in [0.25, 0.3) is 0 Å². The van der Waals surface area contributed by atoms with Gasteiger partial charge < -0.3 is 11.1 Å². The molecule has 0 unspecified atom stereocenters. The maximum atomic E-state index is 13.5. The molecule has 0 amide bonds. The van der Waals surface area contributed by atoms with Crippen LogP contribution in [0, 0.1) is 11.6 Å². The van der Waals surface area contributed by atoms with E-state index in [1.165, 1.54) is 30.3 Å². The van der Waals surface area contributed by atoms with Crippen LogP contribution in [0.5, 0.6) is 0 Å². The third-order valence-corrected chi connectivity index (χ3v) is 2.52. The minimum Gasteiger partial charge on any atom is -0.399 e. The first-order valence-electron chi connectivity index (χ1n) is 4.83. The zero-order valence-electron chi connectivity index (χ0n) is 8.68. The van der Waals surface area contributed by atoms with E-state index in [4.69, 9.17) is 17.3 Å². The van der Waals surface area contributed by atoms with Gasteiger partial charge in [0.15, 0.2) is 0 Å². The lowest BCUT2D eigenvalue weighted by Crippen LogP contribution is -1.96. The molecule has 0 heterocycles. The fourth-order valence-electron chi connectivity index (χ4n) is 1.37. The summed E-state index contributed by atoms with van der Waals surface area (Å²) in [6.07, 6.45) is 0. The summed E-state index contributed by atoms with van der Waals surface area (Å²) in [5.74, 6) is -0.974. The van der Waals surface area contributed by atoms with Gasteiger partial charge in [-0.25, -0.2) is 8.78 Å². The van der Waals surface area contributed by atoms with Gasteiger partial charge in [-0.15, -0.1) is 0 Å². The molecule has 0 bridgehead atoms. The zero-order chi connectivity index (χ0) is 12.4. The van der Waals surface area contributed by atoms with E-state index in [0.29, 0.717) is 16.4 Å². The van der Waals surface area contributed by atoms with Crippen LogP contribution in [-0.2, 0) is 0 Å². The van der Waals surface area contributed by atoms with Crippen molar-refractivity contribution in [3.63, 3.8) is 0 Å². The smallest absolute Gasteiger partial charge is 0.148 e. The number of nitrogen functional groups attached to an aromatic ring is 1. The number of hydrogen-bond donors (Lipinski definition) is 2. The predicted octanol–water partition coefficient (Wildman–Crippen LogP) is 3.94. The van der Waals surface area contributed by atoms with Crippen LogP contribution in [-0.4, -0.2) is 0 Å². The summed E-state index contributed by atoms with van der Waals surface area (Å²) < 4.78 is 26.5. The highest BCUT2D eigenvalue weighted by molar-refractivity contribution is 6.33. The van der Waals surface area contributed by atoms with Crippen molar-refractivity contribution in [3.8, 4) is 0 Å². The van der Waals surface area contributed by atoms with E-state index in [2.05, 4.69) is 5.32 Å². The van der Waals surface area contributed by atoms with E-state index in [1.54, 1.807) is 6.07 Å². The second kappa shape index (κ2) is 4.59. The molecule has 0 fully saturated rings. The summed E-state index contributed by atoms with van der Waals surface area (Å²) in [5.41, 5.74) is 6.23. The lowest BCUT2D eigenvalue weighted by molar-refractivity contribution is 0.627. The van der Waals surface area contributed by atoms with Crippen LogP contribution < -0.4 is 11.1 Å². The van der Waals surface area contributed by atoms with E-state index < -0.39 is 11.6 Å². The SMILES string of the molecule is Nc1ccc(Nc2cc(F)ccc2Cl)c(F)c1. The largest absolute Gasteiger partial charge is 0.399 e. The third-order valence-electron chi connectivity index (χ3n) is 2.19. The number of rotatable bonds is 2. The van der Waals surface area contributed by atoms with Gasteiger partial charge >= 0.3 is 0 Å². The first kappa shape index (κ1) is 11.7. The molecule has 0 radical (unpaired) electrons. The second-order valence-corrected chi connectivity index (χ2v) is 3.90. The van der Waals surface area contributed by atoms with E-state index in [-0.39, 0.29) is 5.69 Å². The fraction of sp³-hybridized carbons (Fsp3) is 0. The minimum atomic E-state index is -0.523. The van der Waals surface area contributed by atoms with Gasteiger partial charge in [-0.3, -0.25) is 0 Å². The predicted molar refractivity (Wildman–Crippen MR) is 65.5 cm³/mol. The summed E-state index contributed by atoms with van der Waals surface area (Å²) in [7, 11) is 0. The molecule has 88 valence electrons. The molecule has 0 aliphatic heterocycles. The van der Waals surface area contributed by atoms with Crippen LogP contribution in [0.1, 0.15) is 0 Å². The second-order valence-electron chi connectivity index (χ2n) is 3.49. The Morgan fingerprint density at radius 3 is 2.47 bits per heavy atom. The van der Waals surface area contributed by atoms with Crippen LogP contribution in [0.2, 0.25) is 5.02 Å². The lowest BCUT2D eigenvalue weighted by Gasteiger charge is -2.09. The molecular weight excluding hydrogens is 246 g/mol. The average molecular weight is 255 g/mol. The average Bonchev–Trinajstić information content (AvgIpc) is 2.27. The molecule has 2 nitrogen and oxygen atoms in total. The van der Waals surface area contributed by atoms with Gasteiger partial charge in [0.1, 0.15) is 11.6 Å². The van der Waals surface area contributed by atoms with Crippen LogP contribution in [0.3, 0.4) is 0 Å². The first-order chi connectivity index (χ1) is 8.06. The number of anilines is 3. The Morgan fingerprint density at radius 1 is 1.00 bits per heavy atom. The van der Waals surface area contributed by atoms with Gasteiger partial charge in [-0.2, -0.15) is 0 Å². The van der Waals surface area contributed by atoms with Gasteiger partial charge in [0, 0.05) is 5.69 Å². The maximum Gasteiger partial charge on any atom is 0.148 e.